The number of thiazole rings is 1. The molecule has 0 saturated carbocycles. The maximum absolute atomic E-state index is 12.4. The lowest BCUT2D eigenvalue weighted by atomic mass is 10.2. The monoisotopic (exact) mass is 463 g/mol. The second-order valence-corrected chi connectivity index (χ2v) is 7.13. The van der Waals surface area contributed by atoms with Crippen molar-refractivity contribution < 1.29 is 27.7 Å². The van der Waals surface area contributed by atoms with Gasteiger partial charge in [-0.25, -0.2) is 4.68 Å². The predicted octanol–water partition coefficient (Wildman–Crippen LogP) is 4.65. The molecule has 0 spiro atoms. The fourth-order valence-corrected chi connectivity index (χ4v) is 3.86. The lowest BCUT2D eigenvalue weighted by Crippen LogP contribution is -2.12. The number of ether oxygens (including phenoxy) is 4. The average Bonchev–Trinajstić information content (AvgIpc) is 3.19. The number of alkyl halides is 2. The van der Waals surface area contributed by atoms with Crippen LogP contribution in [0.25, 0.3) is 11.3 Å². The molecule has 0 fully saturated rings. The lowest BCUT2D eigenvalue weighted by Gasteiger charge is -2.12. The summed E-state index contributed by atoms with van der Waals surface area (Å²) in [7, 11) is 4.63. The van der Waals surface area contributed by atoms with Gasteiger partial charge in [-0.2, -0.15) is 13.9 Å². The highest BCUT2D eigenvalue weighted by Crippen LogP contribution is 2.37. The van der Waals surface area contributed by atoms with Crippen LogP contribution in [0.1, 0.15) is 12.5 Å². The Labute approximate surface area is 188 Å². The van der Waals surface area contributed by atoms with Crippen molar-refractivity contribution in [1.29, 1.82) is 0 Å². The second-order valence-electron chi connectivity index (χ2n) is 6.30. The molecule has 0 radical (unpaired) electrons. The minimum Gasteiger partial charge on any atom is -0.493 e. The highest BCUT2D eigenvalue weighted by atomic mass is 32.1. The SMILES string of the molecule is CCN=c1scc(-c2ccc(OC(F)F)cc2)n1N=Cc1cc(OC)c(OC)c(OC)c1. The summed E-state index contributed by atoms with van der Waals surface area (Å²) in [6.07, 6.45) is 1.66. The Morgan fingerprint density at radius 1 is 1.03 bits per heavy atom. The Morgan fingerprint density at radius 3 is 2.22 bits per heavy atom. The molecule has 7 nitrogen and oxygen atoms in total. The largest absolute Gasteiger partial charge is 0.493 e. The second kappa shape index (κ2) is 10.8. The fraction of sp³-hybridized carbons (Fsp3) is 0.273. The fourth-order valence-electron chi connectivity index (χ4n) is 2.96. The molecule has 3 aromatic rings. The molecule has 0 aliphatic rings. The van der Waals surface area contributed by atoms with E-state index in [0.29, 0.717) is 28.6 Å². The highest BCUT2D eigenvalue weighted by Gasteiger charge is 2.13. The van der Waals surface area contributed by atoms with Crippen molar-refractivity contribution in [3.05, 3.63) is 52.1 Å². The molecule has 3 rings (SSSR count). The van der Waals surface area contributed by atoms with Crippen molar-refractivity contribution >= 4 is 17.6 Å². The summed E-state index contributed by atoms with van der Waals surface area (Å²) in [5.41, 5.74) is 2.27. The molecule has 0 atom stereocenters. The van der Waals surface area contributed by atoms with Crippen molar-refractivity contribution in [3.63, 3.8) is 0 Å². The average molecular weight is 464 g/mol. The van der Waals surface area contributed by atoms with Gasteiger partial charge in [0, 0.05) is 23.1 Å². The first-order valence-electron chi connectivity index (χ1n) is 9.61. The van der Waals surface area contributed by atoms with E-state index in [0.717, 1.165) is 16.8 Å². The summed E-state index contributed by atoms with van der Waals surface area (Å²) < 4.78 is 47.1. The number of nitrogens with zero attached hydrogens (tertiary/aromatic N) is 3. The molecule has 0 bridgehead atoms. The van der Waals surface area contributed by atoms with E-state index in [9.17, 15) is 8.78 Å². The standard InChI is InChI=1S/C22H23F2N3O4S/c1-5-25-22-27(17(13-32-22)15-6-8-16(9-7-15)31-21(23)24)26-12-14-10-18(28-2)20(30-4)19(11-14)29-3/h6-13,21H,5H2,1-4H3. The van der Waals surface area contributed by atoms with E-state index in [2.05, 4.69) is 14.8 Å². The van der Waals surface area contributed by atoms with Gasteiger partial charge in [-0.05, 0) is 43.3 Å². The molecule has 0 N–H and O–H groups in total. The van der Waals surface area contributed by atoms with Crippen LogP contribution in [0.4, 0.5) is 8.78 Å². The van der Waals surface area contributed by atoms with E-state index in [4.69, 9.17) is 14.2 Å². The van der Waals surface area contributed by atoms with Gasteiger partial charge in [0.2, 0.25) is 10.6 Å². The molecule has 0 amide bonds. The van der Waals surface area contributed by atoms with E-state index in [1.807, 2.05) is 12.3 Å². The smallest absolute Gasteiger partial charge is 0.387 e. The van der Waals surface area contributed by atoms with Gasteiger partial charge < -0.3 is 18.9 Å². The van der Waals surface area contributed by atoms with Crippen LogP contribution in [-0.2, 0) is 0 Å². The lowest BCUT2D eigenvalue weighted by molar-refractivity contribution is -0.0498. The normalized spacial score (nSPS) is 11.9. The summed E-state index contributed by atoms with van der Waals surface area (Å²) in [6.45, 7) is -0.353. The maximum atomic E-state index is 12.4. The molecule has 32 heavy (non-hydrogen) atoms. The first kappa shape index (κ1) is 23.3. The summed E-state index contributed by atoms with van der Waals surface area (Å²) >= 11 is 1.43. The van der Waals surface area contributed by atoms with Gasteiger partial charge >= 0.3 is 6.61 Å². The molecule has 170 valence electrons. The molecule has 1 aromatic heterocycles. The van der Waals surface area contributed by atoms with Crippen molar-refractivity contribution in [2.75, 3.05) is 27.9 Å². The highest BCUT2D eigenvalue weighted by molar-refractivity contribution is 7.07. The topological polar surface area (TPSA) is 66.6 Å². The Kier molecular flexibility index (Phi) is 7.82. The number of halogens is 2. The van der Waals surface area contributed by atoms with Crippen molar-refractivity contribution in [2.45, 2.75) is 13.5 Å². The molecule has 0 unspecified atom stereocenters. The van der Waals surface area contributed by atoms with Gasteiger partial charge in [0.25, 0.3) is 0 Å². The van der Waals surface area contributed by atoms with E-state index in [-0.39, 0.29) is 5.75 Å². The van der Waals surface area contributed by atoms with Crippen LogP contribution in [0.2, 0.25) is 0 Å². The molecule has 0 saturated heterocycles. The third-order valence-electron chi connectivity index (χ3n) is 4.36. The number of benzene rings is 2. The third-order valence-corrected chi connectivity index (χ3v) is 5.22. The van der Waals surface area contributed by atoms with Gasteiger partial charge in [0.15, 0.2) is 11.5 Å². The van der Waals surface area contributed by atoms with Crippen molar-refractivity contribution in [2.24, 2.45) is 10.1 Å². The number of hydrogen-bond donors (Lipinski definition) is 0. The summed E-state index contributed by atoms with van der Waals surface area (Å²) in [5.74, 6) is 1.60. The molecule has 2 aromatic carbocycles. The molecular weight excluding hydrogens is 440 g/mol. The van der Waals surface area contributed by atoms with Gasteiger partial charge in [-0.15, -0.1) is 11.3 Å². The first-order chi connectivity index (χ1) is 15.5. The van der Waals surface area contributed by atoms with Gasteiger partial charge in [0.05, 0.1) is 33.2 Å². The summed E-state index contributed by atoms with van der Waals surface area (Å²) in [4.78, 5) is 5.18. The maximum Gasteiger partial charge on any atom is 0.387 e. The van der Waals surface area contributed by atoms with E-state index >= 15 is 0 Å². The Bertz CT molecular complexity index is 1120. The third kappa shape index (κ3) is 5.25. The van der Waals surface area contributed by atoms with E-state index < -0.39 is 6.61 Å². The van der Waals surface area contributed by atoms with Crippen molar-refractivity contribution in [3.8, 4) is 34.3 Å². The molecule has 0 aliphatic heterocycles. The number of aromatic nitrogens is 1. The van der Waals surface area contributed by atoms with Crippen LogP contribution in [0.5, 0.6) is 23.0 Å². The molecule has 10 heteroatoms. The molecular formula is C22H23F2N3O4S. The zero-order valence-corrected chi connectivity index (χ0v) is 18.9. The quantitative estimate of drug-likeness (QED) is 0.434. The van der Waals surface area contributed by atoms with Crippen LogP contribution in [0, 0.1) is 0 Å². The van der Waals surface area contributed by atoms with E-state index in [1.165, 1.54) is 30.6 Å². The van der Waals surface area contributed by atoms with Crippen LogP contribution in [-0.4, -0.2) is 45.4 Å². The molecule has 1 heterocycles. The van der Waals surface area contributed by atoms with Crippen LogP contribution >= 0.6 is 11.3 Å². The number of methoxy groups -OCH3 is 3. The molecule has 0 aliphatic carbocycles. The zero-order valence-electron chi connectivity index (χ0n) is 18.0. The minimum atomic E-state index is -2.87. The Balaban J connectivity index is 2.02. The van der Waals surface area contributed by atoms with Crippen LogP contribution in [0.15, 0.2) is 51.9 Å². The summed E-state index contributed by atoms with van der Waals surface area (Å²) in [6, 6.07) is 9.93. The summed E-state index contributed by atoms with van der Waals surface area (Å²) in [5, 5.41) is 6.52. The van der Waals surface area contributed by atoms with E-state index in [1.54, 1.807) is 49.4 Å². The Morgan fingerprint density at radius 2 is 1.69 bits per heavy atom. The van der Waals surface area contributed by atoms with Gasteiger partial charge in [0.1, 0.15) is 5.75 Å². The number of hydrogen-bond acceptors (Lipinski definition) is 7. The van der Waals surface area contributed by atoms with Crippen LogP contribution < -0.4 is 23.7 Å². The van der Waals surface area contributed by atoms with Gasteiger partial charge in [-0.3, -0.25) is 4.99 Å². The first-order valence-corrected chi connectivity index (χ1v) is 10.5. The minimum absolute atomic E-state index is 0.0879. The van der Waals surface area contributed by atoms with Crippen molar-refractivity contribution in [1.82, 2.24) is 4.68 Å². The number of rotatable bonds is 9. The van der Waals surface area contributed by atoms with Crippen LogP contribution in [0.3, 0.4) is 0 Å². The zero-order chi connectivity index (χ0) is 23.1. The Hall–Kier alpha value is -3.40. The predicted molar refractivity (Wildman–Crippen MR) is 120 cm³/mol. The van der Waals surface area contributed by atoms with Gasteiger partial charge in [-0.1, -0.05) is 0 Å².